The van der Waals surface area contributed by atoms with Crippen molar-refractivity contribution in [2.45, 2.75) is 39.2 Å². The van der Waals surface area contributed by atoms with Gasteiger partial charge in [0.2, 0.25) is 0 Å². The number of hydrogen-bond acceptors (Lipinski definition) is 2. The summed E-state index contributed by atoms with van der Waals surface area (Å²) in [6.07, 6.45) is 5.59. The van der Waals surface area contributed by atoms with Gasteiger partial charge < -0.3 is 10.1 Å². The van der Waals surface area contributed by atoms with Crippen LogP contribution in [0.2, 0.25) is 0 Å². The Balaban J connectivity index is 1.90. The van der Waals surface area contributed by atoms with E-state index in [1.807, 2.05) is 6.08 Å². The fourth-order valence-corrected chi connectivity index (χ4v) is 1.49. The van der Waals surface area contributed by atoms with Gasteiger partial charge in [0.05, 0.1) is 13.2 Å². The van der Waals surface area contributed by atoms with E-state index in [0.29, 0.717) is 11.5 Å². The summed E-state index contributed by atoms with van der Waals surface area (Å²) in [5.41, 5.74) is 0.571. The Kier molecular flexibility index (Phi) is 4.63. The molecule has 0 aromatic carbocycles. The zero-order valence-corrected chi connectivity index (χ0v) is 9.51. The maximum absolute atomic E-state index is 5.42. The van der Waals surface area contributed by atoms with Gasteiger partial charge in [-0.1, -0.05) is 13.0 Å². The Bertz CT molecular complexity index is 175. The van der Waals surface area contributed by atoms with Gasteiger partial charge in [0.1, 0.15) is 0 Å². The van der Waals surface area contributed by atoms with Crippen LogP contribution in [-0.4, -0.2) is 25.8 Å². The lowest BCUT2D eigenvalue weighted by Crippen LogP contribution is -2.35. The fourth-order valence-electron chi connectivity index (χ4n) is 1.49. The molecule has 82 valence electrons. The zero-order valence-electron chi connectivity index (χ0n) is 9.51. The van der Waals surface area contributed by atoms with Gasteiger partial charge in [-0.3, -0.25) is 0 Å². The summed E-state index contributed by atoms with van der Waals surface area (Å²) in [7, 11) is 0. The van der Waals surface area contributed by atoms with Crippen molar-refractivity contribution in [3.8, 4) is 0 Å². The van der Waals surface area contributed by atoms with Crippen molar-refractivity contribution in [2.24, 2.45) is 5.41 Å². The molecule has 2 nitrogen and oxygen atoms in total. The fraction of sp³-hybridized carbons (Fsp3) is 0.833. The molecule has 0 aromatic heterocycles. The zero-order chi connectivity index (χ0) is 10.4. The first kappa shape index (κ1) is 11.7. The molecule has 0 spiro atoms. The summed E-state index contributed by atoms with van der Waals surface area (Å²) >= 11 is 0. The first-order chi connectivity index (χ1) is 6.69. The summed E-state index contributed by atoms with van der Waals surface area (Å²) in [6, 6.07) is 0.630. The molecule has 14 heavy (non-hydrogen) atoms. The summed E-state index contributed by atoms with van der Waals surface area (Å²) < 4.78 is 5.42. The lowest BCUT2D eigenvalue weighted by atomic mass is 10.0. The van der Waals surface area contributed by atoms with Gasteiger partial charge in [0, 0.05) is 12.6 Å². The van der Waals surface area contributed by atoms with E-state index in [4.69, 9.17) is 4.74 Å². The van der Waals surface area contributed by atoms with E-state index in [1.54, 1.807) is 0 Å². The molecule has 1 aliphatic carbocycles. The molecule has 0 saturated heterocycles. The number of nitrogens with one attached hydrogen (secondary N) is 1. The smallest absolute Gasteiger partial charge is 0.0591 e. The van der Waals surface area contributed by atoms with Crippen molar-refractivity contribution in [1.82, 2.24) is 5.32 Å². The summed E-state index contributed by atoms with van der Waals surface area (Å²) in [6.45, 7) is 10.9. The second-order valence-electron chi connectivity index (χ2n) is 4.52. The largest absolute Gasteiger partial charge is 0.380 e. The van der Waals surface area contributed by atoms with E-state index in [9.17, 15) is 0 Å². The van der Waals surface area contributed by atoms with Crippen LogP contribution in [-0.2, 0) is 4.74 Å². The minimum atomic E-state index is 0.571. The van der Waals surface area contributed by atoms with E-state index in [0.717, 1.165) is 26.2 Å². The van der Waals surface area contributed by atoms with Crippen LogP contribution in [0.15, 0.2) is 12.7 Å². The highest BCUT2D eigenvalue weighted by Gasteiger charge is 2.41. The van der Waals surface area contributed by atoms with Crippen LogP contribution >= 0.6 is 0 Å². The highest BCUT2D eigenvalue weighted by atomic mass is 16.5. The van der Waals surface area contributed by atoms with E-state index in [1.165, 1.54) is 12.8 Å². The number of ether oxygens (including phenoxy) is 1. The van der Waals surface area contributed by atoms with Crippen molar-refractivity contribution in [2.75, 3.05) is 19.8 Å². The highest BCUT2D eigenvalue weighted by molar-refractivity contribution is 4.96. The van der Waals surface area contributed by atoms with Crippen LogP contribution < -0.4 is 5.32 Å². The SMILES string of the molecule is C=CCCOCCNC(C)C1(C)CC1. The summed E-state index contributed by atoms with van der Waals surface area (Å²) in [5, 5.41) is 3.51. The molecule has 1 aliphatic rings. The molecule has 0 aromatic rings. The van der Waals surface area contributed by atoms with Crippen molar-refractivity contribution >= 4 is 0 Å². The Morgan fingerprint density at radius 1 is 1.50 bits per heavy atom. The average molecular weight is 197 g/mol. The third-order valence-corrected chi connectivity index (χ3v) is 3.25. The van der Waals surface area contributed by atoms with Crippen molar-refractivity contribution in [1.29, 1.82) is 0 Å². The van der Waals surface area contributed by atoms with Crippen molar-refractivity contribution < 1.29 is 4.74 Å². The van der Waals surface area contributed by atoms with Crippen molar-refractivity contribution in [3.63, 3.8) is 0 Å². The molecule has 2 heteroatoms. The van der Waals surface area contributed by atoms with Gasteiger partial charge >= 0.3 is 0 Å². The van der Waals surface area contributed by atoms with Gasteiger partial charge in [0.25, 0.3) is 0 Å². The Morgan fingerprint density at radius 2 is 2.21 bits per heavy atom. The third-order valence-electron chi connectivity index (χ3n) is 3.25. The predicted octanol–water partition coefficient (Wildman–Crippen LogP) is 2.36. The molecule has 0 heterocycles. The second kappa shape index (κ2) is 5.52. The number of hydrogen-bond donors (Lipinski definition) is 1. The third kappa shape index (κ3) is 3.81. The summed E-state index contributed by atoms with van der Waals surface area (Å²) in [4.78, 5) is 0. The summed E-state index contributed by atoms with van der Waals surface area (Å²) in [5.74, 6) is 0. The van der Waals surface area contributed by atoms with E-state index < -0.39 is 0 Å². The van der Waals surface area contributed by atoms with E-state index >= 15 is 0 Å². The number of rotatable bonds is 8. The lowest BCUT2D eigenvalue weighted by Gasteiger charge is -2.20. The molecule has 0 bridgehead atoms. The average Bonchev–Trinajstić information content (AvgIpc) is 2.91. The molecule has 0 radical (unpaired) electrons. The minimum Gasteiger partial charge on any atom is -0.380 e. The minimum absolute atomic E-state index is 0.571. The molecule has 1 fully saturated rings. The first-order valence-corrected chi connectivity index (χ1v) is 5.61. The molecular weight excluding hydrogens is 174 g/mol. The topological polar surface area (TPSA) is 21.3 Å². The van der Waals surface area contributed by atoms with Crippen LogP contribution in [0.5, 0.6) is 0 Å². The maximum atomic E-state index is 5.42. The van der Waals surface area contributed by atoms with Crippen LogP contribution in [0.1, 0.15) is 33.1 Å². The molecule has 1 N–H and O–H groups in total. The highest BCUT2D eigenvalue weighted by Crippen LogP contribution is 2.47. The molecule has 1 saturated carbocycles. The molecule has 1 unspecified atom stereocenters. The Morgan fingerprint density at radius 3 is 2.79 bits per heavy atom. The van der Waals surface area contributed by atoms with Gasteiger partial charge in [-0.15, -0.1) is 6.58 Å². The second-order valence-corrected chi connectivity index (χ2v) is 4.52. The van der Waals surface area contributed by atoms with Crippen LogP contribution in [0.25, 0.3) is 0 Å². The quantitative estimate of drug-likeness (QED) is 0.476. The maximum Gasteiger partial charge on any atom is 0.0591 e. The lowest BCUT2D eigenvalue weighted by molar-refractivity contribution is 0.136. The molecule has 0 amide bonds. The Hall–Kier alpha value is -0.340. The van der Waals surface area contributed by atoms with E-state index in [2.05, 4.69) is 25.7 Å². The van der Waals surface area contributed by atoms with Crippen molar-refractivity contribution in [3.05, 3.63) is 12.7 Å². The van der Waals surface area contributed by atoms with Crippen LogP contribution in [0.4, 0.5) is 0 Å². The monoisotopic (exact) mass is 197 g/mol. The van der Waals surface area contributed by atoms with Gasteiger partial charge in [0.15, 0.2) is 0 Å². The molecule has 0 aliphatic heterocycles. The molecule has 1 rings (SSSR count). The van der Waals surface area contributed by atoms with Gasteiger partial charge in [-0.25, -0.2) is 0 Å². The van der Waals surface area contributed by atoms with Gasteiger partial charge in [-0.05, 0) is 31.6 Å². The molecular formula is C12H23NO. The van der Waals surface area contributed by atoms with E-state index in [-0.39, 0.29) is 0 Å². The predicted molar refractivity (Wildman–Crippen MR) is 60.4 cm³/mol. The van der Waals surface area contributed by atoms with Gasteiger partial charge in [-0.2, -0.15) is 0 Å². The first-order valence-electron chi connectivity index (χ1n) is 5.61. The van der Waals surface area contributed by atoms with Crippen LogP contribution in [0, 0.1) is 5.41 Å². The standard InChI is InChI=1S/C12H23NO/c1-4-5-9-14-10-8-13-11(2)12(3)6-7-12/h4,11,13H,1,5-10H2,2-3H3. The van der Waals surface area contributed by atoms with Crippen LogP contribution in [0.3, 0.4) is 0 Å². The molecule has 1 atom stereocenters. The Labute approximate surface area is 87.7 Å². The normalized spacial score (nSPS) is 20.4.